The summed E-state index contributed by atoms with van der Waals surface area (Å²) in [5.41, 5.74) is 3.21. The third kappa shape index (κ3) is 4.93. The van der Waals surface area contributed by atoms with Crippen LogP contribution in [0.5, 0.6) is 5.75 Å². The molecule has 38 heavy (non-hydrogen) atoms. The van der Waals surface area contributed by atoms with Gasteiger partial charge >= 0.3 is 24.3 Å². The maximum absolute atomic E-state index is 14.7. The van der Waals surface area contributed by atoms with E-state index >= 15 is 0 Å². The number of aliphatic imine (C=N–C) groups is 1. The van der Waals surface area contributed by atoms with Gasteiger partial charge in [0.15, 0.2) is 5.54 Å². The number of methoxy groups -OCH3 is 1. The molecule has 1 aliphatic heterocycles. The number of hydrogen-bond donors (Lipinski definition) is 1. The Morgan fingerprint density at radius 3 is 2.21 bits per heavy atom. The van der Waals surface area contributed by atoms with E-state index < -0.39 is 47.7 Å². The molecule has 1 aliphatic rings. The molecular weight excluding hydrogens is 518 g/mol. The number of esters is 2. The second-order valence-electron chi connectivity index (χ2n) is 8.39. The van der Waals surface area contributed by atoms with E-state index in [4.69, 9.17) is 10.5 Å². The maximum atomic E-state index is 14.7. The van der Waals surface area contributed by atoms with Crippen LogP contribution in [0.3, 0.4) is 0 Å². The fourth-order valence-electron chi connectivity index (χ4n) is 4.15. The van der Waals surface area contributed by atoms with Gasteiger partial charge in [-0.05, 0) is 52.6 Å². The van der Waals surface area contributed by atoms with Gasteiger partial charge in [0.1, 0.15) is 11.6 Å². The Morgan fingerprint density at radius 2 is 1.58 bits per heavy atom. The Labute approximate surface area is 211 Å². The average molecular weight is 536 g/mol. The van der Waals surface area contributed by atoms with E-state index in [1.165, 1.54) is 25.3 Å². The zero-order valence-electron chi connectivity index (χ0n) is 19.5. The van der Waals surface area contributed by atoms with Crippen LogP contribution >= 0.6 is 0 Å². The fourth-order valence-corrected chi connectivity index (χ4v) is 4.15. The summed E-state index contributed by atoms with van der Waals surface area (Å²) in [7, 11) is 1.45. The van der Waals surface area contributed by atoms with Crippen LogP contribution in [0.25, 0.3) is 11.1 Å². The van der Waals surface area contributed by atoms with Crippen LogP contribution in [-0.4, -0.2) is 37.2 Å². The van der Waals surface area contributed by atoms with Gasteiger partial charge in [0.05, 0.1) is 12.7 Å². The molecular formula is C26H18F6N2O4. The largest absolute Gasteiger partial charge is 0.497 e. The van der Waals surface area contributed by atoms with E-state index in [2.05, 4.69) is 9.73 Å². The van der Waals surface area contributed by atoms with E-state index in [9.17, 15) is 35.9 Å². The zero-order chi connectivity index (χ0) is 27.9. The van der Waals surface area contributed by atoms with Crippen molar-refractivity contribution in [3.05, 3.63) is 89.0 Å². The van der Waals surface area contributed by atoms with E-state index in [0.29, 0.717) is 16.9 Å². The quantitative estimate of drug-likeness (QED) is 0.277. The van der Waals surface area contributed by atoms with Gasteiger partial charge in [-0.2, -0.15) is 26.3 Å². The number of alkyl halides is 6. The molecule has 0 spiro atoms. The number of benzene rings is 3. The third-order valence-electron chi connectivity index (χ3n) is 6.00. The molecule has 0 saturated heterocycles. The van der Waals surface area contributed by atoms with Crippen LogP contribution in [0, 0.1) is 0 Å². The van der Waals surface area contributed by atoms with Gasteiger partial charge in [-0.15, -0.1) is 0 Å². The first-order chi connectivity index (χ1) is 17.7. The third-order valence-corrected chi connectivity index (χ3v) is 6.00. The molecule has 12 heteroatoms. The molecule has 0 radical (unpaired) electrons. The molecule has 4 rings (SSSR count). The lowest BCUT2D eigenvalue weighted by Crippen LogP contribution is -2.47. The molecule has 3 aromatic rings. The summed E-state index contributed by atoms with van der Waals surface area (Å²) in [4.78, 5) is 27.0. The molecule has 0 aliphatic carbocycles. The number of nitrogens with two attached hydrogens (primary N) is 1. The number of amidine groups is 1. The van der Waals surface area contributed by atoms with Crippen LogP contribution < -0.4 is 10.5 Å². The summed E-state index contributed by atoms with van der Waals surface area (Å²) in [6, 6.07) is 15.3. The number of nitrogens with zero attached hydrogens (tertiary/aromatic N) is 1. The number of hydrogen-bond acceptors (Lipinski definition) is 6. The van der Waals surface area contributed by atoms with Crippen molar-refractivity contribution >= 4 is 17.8 Å². The second-order valence-corrected chi connectivity index (χ2v) is 8.39. The van der Waals surface area contributed by atoms with E-state index in [-0.39, 0.29) is 16.7 Å². The maximum Gasteiger partial charge on any atom is 0.491 e. The minimum absolute atomic E-state index is 0.0625. The van der Waals surface area contributed by atoms with Gasteiger partial charge in [0, 0.05) is 12.0 Å². The van der Waals surface area contributed by atoms with E-state index in [1.54, 1.807) is 30.3 Å². The Morgan fingerprint density at radius 1 is 0.921 bits per heavy atom. The van der Waals surface area contributed by atoms with Crippen LogP contribution in [0.2, 0.25) is 0 Å². The number of halogens is 6. The second kappa shape index (κ2) is 9.51. The number of rotatable bonds is 4. The molecule has 1 unspecified atom stereocenters. The molecule has 0 fully saturated rings. The number of carbonyl (C=O) groups excluding carboxylic acids is 2. The Balaban J connectivity index is 1.78. The van der Waals surface area contributed by atoms with Crippen LogP contribution in [0.4, 0.5) is 26.3 Å². The van der Waals surface area contributed by atoms with Gasteiger partial charge in [0.25, 0.3) is 0 Å². The van der Waals surface area contributed by atoms with Crippen LogP contribution in [0.15, 0.2) is 71.7 Å². The van der Waals surface area contributed by atoms with E-state index in [1.807, 2.05) is 0 Å². The molecule has 198 valence electrons. The van der Waals surface area contributed by atoms with E-state index in [0.717, 1.165) is 18.2 Å². The molecule has 1 atom stereocenters. The Hall–Kier alpha value is -4.35. The fraction of sp³-hybridized carbons (Fsp3) is 0.192. The zero-order valence-corrected chi connectivity index (χ0v) is 19.5. The predicted octanol–water partition coefficient (Wildman–Crippen LogP) is 5.33. The van der Waals surface area contributed by atoms with Crippen molar-refractivity contribution in [2.75, 3.05) is 7.11 Å². The summed E-state index contributed by atoms with van der Waals surface area (Å²) in [5.74, 6) is -4.41. The van der Waals surface area contributed by atoms with Gasteiger partial charge < -0.3 is 15.2 Å². The first-order valence-electron chi connectivity index (χ1n) is 10.9. The molecule has 0 aromatic heterocycles. The molecule has 3 aromatic carbocycles. The number of ether oxygens (including phenoxy) is 2. The van der Waals surface area contributed by atoms with Crippen molar-refractivity contribution in [2.24, 2.45) is 10.7 Å². The lowest BCUT2D eigenvalue weighted by molar-refractivity contribution is -0.193. The summed E-state index contributed by atoms with van der Waals surface area (Å²) >= 11 is 0. The van der Waals surface area contributed by atoms with Gasteiger partial charge in [-0.1, -0.05) is 36.4 Å². The molecule has 0 amide bonds. The highest BCUT2D eigenvalue weighted by Gasteiger charge is 2.58. The molecule has 1 heterocycles. The van der Waals surface area contributed by atoms with Crippen molar-refractivity contribution in [1.82, 2.24) is 0 Å². The standard InChI is InChI=1S/C26H18F6N2O4/c1-37-19-7-3-5-15(12-19)14-4-2-6-18(11-14)24(26(30,31)32)13-17-10-16(8-9-20(17)21(33)34-24)22(35)38-23(36)25(27,28)29/h2-12H,13H2,1H3,(H2,33,34). The topological polar surface area (TPSA) is 91.0 Å². The summed E-state index contributed by atoms with van der Waals surface area (Å²) < 4.78 is 90.6. The van der Waals surface area contributed by atoms with Crippen molar-refractivity contribution in [3.63, 3.8) is 0 Å². The molecule has 0 bridgehead atoms. The van der Waals surface area contributed by atoms with Gasteiger partial charge in [0.2, 0.25) is 0 Å². The Bertz CT molecular complexity index is 1450. The Kier molecular flexibility index (Phi) is 6.68. The SMILES string of the molecule is COc1cccc(-c2cccc(C3(C(F)(F)F)Cc4cc(C(=O)OC(=O)C(F)(F)F)ccc4C(N)=N3)c2)c1. The first-order valence-corrected chi connectivity index (χ1v) is 10.9. The molecule has 6 nitrogen and oxygen atoms in total. The summed E-state index contributed by atoms with van der Waals surface area (Å²) in [6.07, 6.45) is -11.2. The van der Waals surface area contributed by atoms with Crippen molar-refractivity contribution < 1.29 is 45.4 Å². The monoisotopic (exact) mass is 536 g/mol. The highest BCUT2D eigenvalue weighted by molar-refractivity contribution is 6.03. The lowest BCUT2D eigenvalue weighted by atomic mass is 9.78. The predicted molar refractivity (Wildman–Crippen MR) is 124 cm³/mol. The summed E-state index contributed by atoms with van der Waals surface area (Å²) in [6.45, 7) is 0. The van der Waals surface area contributed by atoms with Gasteiger partial charge in [-0.25, -0.2) is 14.6 Å². The van der Waals surface area contributed by atoms with Gasteiger partial charge in [-0.3, -0.25) is 0 Å². The minimum Gasteiger partial charge on any atom is -0.497 e. The lowest BCUT2D eigenvalue weighted by Gasteiger charge is -2.37. The van der Waals surface area contributed by atoms with Crippen LogP contribution in [0.1, 0.15) is 27.0 Å². The van der Waals surface area contributed by atoms with Crippen molar-refractivity contribution in [3.8, 4) is 16.9 Å². The molecule has 0 saturated carbocycles. The van der Waals surface area contributed by atoms with Crippen molar-refractivity contribution in [2.45, 2.75) is 24.3 Å². The molecule has 2 N–H and O–H groups in total. The highest BCUT2D eigenvalue weighted by Crippen LogP contribution is 2.48. The highest BCUT2D eigenvalue weighted by atomic mass is 19.4. The van der Waals surface area contributed by atoms with Crippen molar-refractivity contribution in [1.29, 1.82) is 0 Å². The average Bonchev–Trinajstić information content (AvgIpc) is 2.87. The first kappa shape index (κ1) is 26.7. The number of carbonyl (C=O) groups is 2. The minimum atomic E-state index is -5.43. The normalized spacial score (nSPS) is 17.3. The number of fused-ring (bicyclic) bond motifs is 1. The smallest absolute Gasteiger partial charge is 0.491 e. The summed E-state index contributed by atoms with van der Waals surface area (Å²) in [5, 5.41) is 0. The van der Waals surface area contributed by atoms with Crippen LogP contribution in [-0.2, 0) is 21.5 Å².